The summed E-state index contributed by atoms with van der Waals surface area (Å²) < 4.78 is 22.5. The topological polar surface area (TPSA) is 67.3 Å². The number of nitrogens with zero attached hydrogens (tertiary/aromatic N) is 2. The highest BCUT2D eigenvalue weighted by atomic mass is 32.2. The van der Waals surface area contributed by atoms with Crippen molar-refractivity contribution in [2.75, 3.05) is 25.1 Å². The molecule has 1 aliphatic heterocycles. The molecule has 1 aliphatic rings. The van der Waals surface area contributed by atoms with Gasteiger partial charge in [0.15, 0.2) is 0 Å². The Bertz CT molecular complexity index is 534. The Balaban J connectivity index is 1.92. The van der Waals surface area contributed by atoms with Crippen LogP contribution >= 0.6 is 0 Å². The lowest BCUT2D eigenvalue weighted by atomic mass is 9.99. The van der Waals surface area contributed by atoms with E-state index in [9.17, 15) is 13.2 Å². The fraction of sp³-hybridized carbons (Fsp3) is 0.538. The van der Waals surface area contributed by atoms with E-state index in [2.05, 4.69) is 4.98 Å². The van der Waals surface area contributed by atoms with E-state index in [1.165, 1.54) is 6.26 Å². The Morgan fingerprint density at radius 2 is 2.05 bits per heavy atom. The molecule has 2 rings (SSSR count). The minimum Gasteiger partial charge on any atom is -0.337 e. The SMILES string of the molecule is CS(=O)(=O)CC1CCN(C(=O)c2ccccn2)CC1. The first-order chi connectivity index (χ1) is 8.96. The number of hydrogen-bond donors (Lipinski definition) is 0. The Kier molecular flexibility index (Phi) is 4.19. The summed E-state index contributed by atoms with van der Waals surface area (Å²) >= 11 is 0. The third-order valence-electron chi connectivity index (χ3n) is 3.32. The number of carbonyl (C=O) groups is 1. The van der Waals surface area contributed by atoms with Gasteiger partial charge in [-0.05, 0) is 30.9 Å². The van der Waals surface area contributed by atoms with Gasteiger partial charge in [0.2, 0.25) is 0 Å². The van der Waals surface area contributed by atoms with Crippen molar-refractivity contribution in [1.82, 2.24) is 9.88 Å². The van der Waals surface area contributed by atoms with Gasteiger partial charge in [0.05, 0.1) is 5.75 Å². The number of amides is 1. The Labute approximate surface area is 113 Å². The molecular formula is C13H18N2O3S. The van der Waals surface area contributed by atoms with Crippen LogP contribution in [0.25, 0.3) is 0 Å². The van der Waals surface area contributed by atoms with Gasteiger partial charge in [0, 0.05) is 25.5 Å². The normalized spacial score (nSPS) is 17.4. The standard InChI is InChI=1S/C13H18N2O3S/c1-19(17,18)10-11-5-8-15(9-6-11)13(16)12-4-2-3-7-14-12/h2-4,7,11H,5-6,8-10H2,1H3. The summed E-state index contributed by atoms with van der Waals surface area (Å²) in [5, 5.41) is 0. The second kappa shape index (κ2) is 5.69. The molecule has 0 aliphatic carbocycles. The average Bonchev–Trinajstić information content (AvgIpc) is 2.38. The van der Waals surface area contributed by atoms with Crippen molar-refractivity contribution in [2.24, 2.45) is 5.92 Å². The Hall–Kier alpha value is -1.43. The zero-order valence-electron chi connectivity index (χ0n) is 10.9. The van der Waals surface area contributed by atoms with Crippen LogP contribution in [0.4, 0.5) is 0 Å². The van der Waals surface area contributed by atoms with Crippen LogP contribution in [0.15, 0.2) is 24.4 Å². The highest BCUT2D eigenvalue weighted by Crippen LogP contribution is 2.19. The number of aromatic nitrogens is 1. The van der Waals surface area contributed by atoms with Crippen LogP contribution in [-0.4, -0.2) is 49.3 Å². The smallest absolute Gasteiger partial charge is 0.272 e. The molecule has 104 valence electrons. The van der Waals surface area contributed by atoms with Crippen LogP contribution in [0, 0.1) is 5.92 Å². The van der Waals surface area contributed by atoms with Crippen LogP contribution < -0.4 is 0 Å². The van der Waals surface area contributed by atoms with E-state index in [0.29, 0.717) is 18.8 Å². The van der Waals surface area contributed by atoms with E-state index in [1.54, 1.807) is 29.3 Å². The van der Waals surface area contributed by atoms with Crippen LogP contribution in [0.1, 0.15) is 23.3 Å². The molecule has 6 heteroatoms. The van der Waals surface area contributed by atoms with Crippen molar-refractivity contribution in [3.05, 3.63) is 30.1 Å². The molecule has 2 heterocycles. The van der Waals surface area contributed by atoms with Gasteiger partial charge in [-0.15, -0.1) is 0 Å². The molecule has 0 atom stereocenters. The summed E-state index contributed by atoms with van der Waals surface area (Å²) in [4.78, 5) is 17.9. The molecule has 0 aromatic carbocycles. The van der Waals surface area contributed by atoms with Crippen molar-refractivity contribution in [2.45, 2.75) is 12.8 Å². The summed E-state index contributed by atoms with van der Waals surface area (Å²) in [6.07, 6.45) is 4.35. The first-order valence-corrected chi connectivity index (χ1v) is 8.40. The number of piperidine rings is 1. The van der Waals surface area contributed by atoms with Gasteiger partial charge < -0.3 is 4.90 Å². The first-order valence-electron chi connectivity index (χ1n) is 6.34. The van der Waals surface area contributed by atoms with Gasteiger partial charge in [-0.25, -0.2) is 8.42 Å². The minimum atomic E-state index is -2.93. The molecule has 0 unspecified atom stereocenters. The molecule has 1 amide bonds. The third kappa shape index (κ3) is 4.02. The average molecular weight is 282 g/mol. The summed E-state index contributed by atoms with van der Waals surface area (Å²) in [5.74, 6) is 0.319. The molecule has 1 aromatic heterocycles. The van der Waals surface area contributed by atoms with E-state index in [0.717, 1.165) is 12.8 Å². The molecule has 1 fully saturated rings. The summed E-state index contributed by atoms with van der Waals surface area (Å²) in [7, 11) is -2.93. The lowest BCUT2D eigenvalue weighted by molar-refractivity contribution is 0.0692. The largest absolute Gasteiger partial charge is 0.337 e. The van der Waals surface area contributed by atoms with Crippen molar-refractivity contribution in [3.63, 3.8) is 0 Å². The quantitative estimate of drug-likeness (QED) is 0.829. The number of sulfone groups is 1. The minimum absolute atomic E-state index is 0.0709. The maximum Gasteiger partial charge on any atom is 0.272 e. The number of hydrogen-bond acceptors (Lipinski definition) is 4. The monoisotopic (exact) mass is 282 g/mol. The lowest BCUT2D eigenvalue weighted by Gasteiger charge is -2.31. The number of pyridine rings is 1. The molecule has 0 radical (unpaired) electrons. The zero-order chi connectivity index (χ0) is 13.9. The van der Waals surface area contributed by atoms with Crippen molar-refractivity contribution < 1.29 is 13.2 Å². The molecule has 1 saturated heterocycles. The van der Waals surface area contributed by atoms with Crippen LogP contribution in [-0.2, 0) is 9.84 Å². The van der Waals surface area contributed by atoms with Crippen molar-refractivity contribution in [3.8, 4) is 0 Å². The second-order valence-electron chi connectivity index (χ2n) is 5.04. The predicted molar refractivity (Wildman–Crippen MR) is 72.6 cm³/mol. The summed E-state index contributed by atoms with van der Waals surface area (Å²) in [5.41, 5.74) is 0.448. The Morgan fingerprint density at radius 3 is 2.58 bits per heavy atom. The van der Waals surface area contributed by atoms with Gasteiger partial charge in [-0.1, -0.05) is 6.07 Å². The molecular weight excluding hydrogens is 264 g/mol. The van der Waals surface area contributed by atoms with E-state index in [4.69, 9.17) is 0 Å². The van der Waals surface area contributed by atoms with E-state index < -0.39 is 9.84 Å². The molecule has 0 spiro atoms. The predicted octanol–water partition coefficient (Wildman–Crippen LogP) is 0.978. The molecule has 0 bridgehead atoms. The van der Waals surface area contributed by atoms with Crippen molar-refractivity contribution in [1.29, 1.82) is 0 Å². The molecule has 19 heavy (non-hydrogen) atoms. The molecule has 1 aromatic rings. The lowest BCUT2D eigenvalue weighted by Crippen LogP contribution is -2.40. The van der Waals surface area contributed by atoms with Gasteiger partial charge in [0.1, 0.15) is 15.5 Å². The maximum absolute atomic E-state index is 12.1. The first kappa shape index (κ1) is 14.0. The maximum atomic E-state index is 12.1. The Morgan fingerprint density at radius 1 is 1.37 bits per heavy atom. The molecule has 0 N–H and O–H groups in total. The molecule has 0 saturated carbocycles. The van der Waals surface area contributed by atoms with Crippen LogP contribution in [0.2, 0.25) is 0 Å². The van der Waals surface area contributed by atoms with Gasteiger partial charge >= 0.3 is 0 Å². The van der Waals surface area contributed by atoms with Crippen LogP contribution in [0.5, 0.6) is 0 Å². The van der Waals surface area contributed by atoms with Crippen LogP contribution in [0.3, 0.4) is 0 Å². The number of rotatable bonds is 3. The number of carbonyl (C=O) groups excluding carboxylic acids is 1. The van der Waals surface area contributed by atoms with Gasteiger partial charge in [0.25, 0.3) is 5.91 Å². The van der Waals surface area contributed by atoms with Crippen molar-refractivity contribution >= 4 is 15.7 Å². The highest BCUT2D eigenvalue weighted by Gasteiger charge is 2.26. The van der Waals surface area contributed by atoms with E-state index in [1.807, 2.05) is 0 Å². The van der Waals surface area contributed by atoms with Gasteiger partial charge in [-0.3, -0.25) is 9.78 Å². The fourth-order valence-electron chi connectivity index (χ4n) is 2.38. The number of likely N-dealkylation sites (tertiary alicyclic amines) is 1. The summed E-state index contributed by atoms with van der Waals surface area (Å²) in [6, 6.07) is 5.26. The fourth-order valence-corrected chi connectivity index (χ4v) is 3.57. The molecule has 5 nitrogen and oxygen atoms in total. The summed E-state index contributed by atoms with van der Waals surface area (Å²) in [6.45, 7) is 1.21. The van der Waals surface area contributed by atoms with Gasteiger partial charge in [-0.2, -0.15) is 0 Å². The van der Waals surface area contributed by atoms with E-state index in [-0.39, 0.29) is 17.6 Å². The third-order valence-corrected chi connectivity index (χ3v) is 4.40. The zero-order valence-corrected chi connectivity index (χ0v) is 11.8. The van der Waals surface area contributed by atoms with E-state index >= 15 is 0 Å². The second-order valence-corrected chi connectivity index (χ2v) is 7.23. The highest BCUT2D eigenvalue weighted by molar-refractivity contribution is 7.90.